The van der Waals surface area contributed by atoms with Crippen molar-refractivity contribution in [1.82, 2.24) is 0 Å². The van der Waals surface area contributed by atoms with E-state index in [1.54, 1.807) is 0 Å². The van der Waals surface area contributed by atoms with Gasteiger partial charge in [-0.2, -0.15) is 0 Å². The van der Waals surface area contributed by atoms with Gasteiger partial charge in [0.05, 0.1) is 0 Å². The number of para-hydroxylation sites is 3. The first kappa shape index (κ1) is 39.2. The van der Waals surface area contributed by atoms with E-state index in [0.29, 0.717) is 0 Å². The van der Waals surface area contributed by atoms with Crippen molar-refractivity contribution < 1.29 is 0 Å². The van der Waals surface area contributed by atoms with Crippen molar-refractivity contribution in [1.29, 1.82) is 0 Å². The summed E-state index contributed by atoms with van der Waals surface area (Å²) in [7, 11) is 0. The number of benzene rings is 9. The third kappa shape index (κ3) is 7.69. The van der Waals surface area contributed by atoms with Crippen LogP contribution < -0.4 is 9.80 Å². The topological polar surface area (TPSA) is 6.48 Å². The molecular formula is C61H48N2. The summed E-state index contributed by atoms with van der Waals surface area (Å²) in [6.45, 7) is 8.02. The molecule has 0 spiro atoms. The van der Waals surface area contributed by atoms with E-state index in [9.17, 15) is 0 Å². The Labute approximate surface area is 372 Å². The Bertz CT molecular complexity index is 2900. The van der Waals surface area contributed by atoms with Gasteiger partial charge in [-0.3, -0.25) is 0 Å². The number of hydrogen-bond acceptors (Lipinski definition) is 2. The van der Waals surface area contributed by atoms with E-state index in [1.807, 2.05) is 12.2 Å². The molecular weight excluding hydrogens is 761 g/mol. The molecule has 0 aromatic heterocycles. The smallest absolute Gasteiger partial charge is 0.0463 e. The highest BCUT2D eigenvalue weighted by atomic mass is 15.2. The Morgan fingerprint density at radius 2 is 0.698 bits per heavy atom. The lowest BCUT2D eigenvalue weighted by Gasteiger charge is -2.33. The molecule has 0 bridgehead atoms. The zero-order chi connectivity index (χ0) is 42.6. The van der Waals surface area contributed by atoms with E-state index in [0.717, 1.165) is 58.1 Å². The van der Waals surface area contributed by atoms with Crippen molar-refractivity contribution in [3.05, 3.63) is 277 Å². The van der Waals surface area contributed by atoms with Gasteiger partial charge in [-0.25, -0.2) is 0 Å². The highest BCUT2D eigenvalue weighted by Crippen LogP contribution is 2.53. The number of rotatable bonds is 13. The van der Waals surface area contributed by atoms with Crippen LogP contribution in [-0.4, -0.2) is 0 Å². The maximum atomic E-state index is 4.01. The second-order valence-electron chi connectivity index (χ2n) is 16.4. The highest BCUT2D eigenvalue weighted by molar-refractivity contribution is 5.86. The average molecular weight is 809 g/mol. The maximum absolute atomic E-state index is 4.01. The van der Waals surface area contributed by atoms with E-state index in [4.69, 9.17) is 0 Å². The van der Waals surface area contributed by atoms with Crippen molar-refractivity contribution in [2.45, 2.75) is 18.3 Å². The molecule has 0 fully saturated rings. The highest BCUT2D eigenvalue weighted by Gasteiger charge is 2.43. The standard InChI is InChI=1S/C61H48N2/c1-3-45-24-28-47(29-25-45)43-61(44-48-30-26-46(4-2)27-31-48)59-23-15-14-22-57(59)58-41-34-50(42-60(58)61)49-32-35-54(36-33-49)63(53-20-12-7-13-21-53)56-39-37-55(38-40-56)62(51-16-8-5-9-17-51)52-18-10-6-11-19-52/h3-42H,1-2,43-44H2. The molecule has 2 nitrogen and oxygen atoms in total. The van der Waals surface area contributed by atoms with Crippen LogP contribution >= 0.6 is 0 Å². The molecule has 0 unspecified atom stereocenters. The number of anilines is 6. The van der Waals surface area contributed by atoms with Gasteiger partial charge in [0.1, 0.15) is 0 Å². The summed E-state index contributed by atoms with van der Waals surface area (Å²) in [6, 6.07) is 83.7. The zero-order valence-electron chi connectivity index (χ0n) is 35.3. The molecule has 63 heavy (non-hydrogen) atoms. The minimum atomic E-state index is -0.278. The van der Waals surface area contributed by atoms with Crippen molar-refractivity contribution in [2.75, 3.05) is 9.80 Å². The molecule has 9 aromatic carbocycles. The normalized spacial score (nSPS) is 12.2. The molecule has 10 rings (SSSR count). The Balaban J connectivity index is 1.03. The third-order valence-corrected chi connectivity index (χ3v) is 12.6. The monoisotopic (exact) mass is 808 g/mol. The van der Waals surface area contributed by atoms with E-state index >= 15 is 0 Å². The fourth-order valence-electron chi connectivity index (χ4n) is 9.50. The van der Waals surface area contributed by atoms with Crippen LogP contribution in [-0.2, 0) is 18.3 Å². The molecule has 0 amide bonds. The van der Waals surface area contributed by atoms with Crippen LogP contribution in [0.5, 0.6) is 0 Å². The first-order valence-electron chi connectivity index (χ1n) is 21.7. The average Bonchev–Trinajstić information content (AvgIpc) is 3.61. The Hall–Kier alpha value is -7.94. The molecule has 0 N–H and O–H groups in total. The van der Waals surface area contributed by atoms with Gasteiger partial charge in [-0.15, -0.1) is 0 Å². The van der Waals surface area contributed by atoms with Gasteiger partial charge in [0.2, 0.25) is 0 Å². The molecule has 0 aliphatic heterocycles. The summed E-state index contributed by atoms with van der Waals surface area (Å²) >= 11 is 0. The van der Waals surface area contributed by atoms with E-state index in [2.05, 4.69) is 253 Å². The van der Waals surface area contributed by atoms with E-state index < -0.39 is 0 Å². The molecule has 1 aliphatic carbocycles. The Kier molecular flexibility index (Phi) is 10.7. The summed E-state index contributed by atoms with van der Waals surface area (Å²) in [4.78, 5) is 4.63. The molecule has 0 radical (unpaired) electrons. The molecule has 2 heteroatoms. The maximum Gasteiger partial charge on any atom is 0.0463 e. The predicted molar refractivity (Wildman–Crippen MR) is 268 cm³/mol. The fourth-order valence-corrected chi connectivity index (χ4v) is 9.50. The van der Waals surface area contributed by atoms with Crippen LogP contribution in [0.15, 0.2) is 244 Å². The SMILES string of the molecule is C=Cc1ccc(CC2(Cc3ccc(C=C)cc3)c3ccccc3-c3ccc(-c4ccc(N(c5ccccc5)c5ccc(N(c6ccccc6)c6ccccc6)cc5)cc4)cc32)cc1. The molecule has 1 aliphatic rings. The van der Waals surface area contributed by atoms with Crippen LogP contribution in [0.4, 0.5) is 34.1 Å². The molecule has 9 aromatic rings. The summed E-state index contributed by atoms with van der Waals surface area (Å²) in [5.74, 6) is 0. The third-order valence-electron chi connectivity index (χ3n) is 12.6. The predicted octanol–water partition coefficient (Wildman–Crippen LogP) is 16.3. The van der Waals surface area contributed by atoms with E-state index in [1.165, 1.54) is 44.5 Å². The lowest BCUT2D eigenvalue weighted by atomic mass is 9.69. The van der Waals surface area contributed by atoms with Crippen LogP contribution in [0, 0.1) is 0 Å². The van der Waals surface area contributed by atoms with Crippen LogP contribution in [0.3, 0.4) is 0 Å². The summed E-state index contributed by atoms with van der Waals surface area (Å²) in [6.07, 6.45) is 5.58. The van der Waals surface area contributed by atoms with Crippen molar-refractivity contribution in [2.24, 2.45) is 0 Å². The van der Waals surface area contributed by atoms with Crippen LogP contribution in [0.1, 0.15) is 33.4 Å². The second kappa shape index (κ2) is 17.2. The summed E-state index contributed by atoms with van der Waals surface area (Å²) in [5.41, 5.74) is 19.0. The molecule has 0 heterocycles. The van der Waals surface area contributed by atoms with Crippen LogP contribution in [0.25, 0.3) is 34.4 Å². The minimum Gasteiger partial charge on any atom is -0.311 e. The van der Waals surface area contributed by atoms with Gasteiger partial charge in [0.25, 0.3) is 0 Å². The van der Waals surface area contributed by atoms with Gasteiger partial charge in [-0.1, -0.05) is 177 Å². The lowest BCUT2D eigenvalue weighted by Crippen LogP contribution is -2.31. The summed E-state index contributed by atoms with van der Waals surface area (Å²) < 4.78 is 0. The number of fused-ring (bicyclic) bond motifs is 3. The molecule has 0 saturated heterocycles. The zero-order valence-corrected chi connectivity index (χ0v) is 35.3. The van der Waals surface area contributed by atoms with Crippen molar-refractivity contribution in [3.8, 4) is 22.3 Å². The first-order valence-corrected chi connectivity index (χ1v) is 21.7. The molecule has 302 valence electrons. The van der Waals surface area contributed by atoms with Gasteiger partial charge >= 0.3 is 0 Å². The van der Waals surface area contributed by atoms with Crippen LogP contribution in [0.2, 0.25) is 0 Å². The van der Waals surface area contributed by atoms with Gasteiger partial charge < -0.3 is 9.80 Å². The fraction of sp³-hybridized carbons (Fsp3) is 0.0492. The molecule has 0 atom stereocenters. The van der Waals surface area contributed by atoms with Gasteiger partial charge in [0.15, 0.2) is 0 Å². The summed E-state index contributed by atoms with van der Waals surface area (Å²) in [5, 5.41) is 0. The quantitative estimate of drug-likeness (QED) is 0.114. The van der Waals surface area contributed by atoms with Gasteiger partial charge in [0, 0.05) is 39.5 Å². The first-order chi connectivity index (χ1) is 31.1. The Morgan fingerprint density at radius 3 is 1.14 bits per heavy atom. The lowest BCUT2D eigenvalue weighted by molar-refractivity contribution is 0.520. The number of hydrogen-bond donors (Lipinski definition) is 0. The molecule has 0 saturated carbocycles. The largest absolute Gasteiger partial charge is 0.311 e. The van der Waals surface area contributed by atoms with Gasteiger partial charge in [-0.05, 0) is 147 Å². The van der Waals surface area contributed by atoms with Crippen molar-refractivity contribution >= 4 is 46.3 Å². The second-order valence-corrected chi connectivity index (χ2v) is 16.4. The Morgan fingerprint density at radius 1 is 0.333 bits per heavy atom. The number of nitrogens with zero attached hydrogens (tertiary/aromatic N) is 2. The van der Waals surface area contributed by atoms with E-state index in [-0.39, 0.29) is 5.41 Å². The van der Waals surface area contributed by atoms with Crippen molar-refractivity contribution in [3.63, 3.8) is 0 Å². The minimum absolute atomic E-state index is 0.278.